The van der Waals surface area contributed by atoms with Crippen LogP contribution in [0.25, 0.3) is 0 Å². The molecule has 0 unspecified atom stereocenters. The molecule has 3 aromatic carbocycles. The van der Waals surface area contributed by atoms with Gasteiger partial charge in [0, 0.05) is 8.07 Å². The number of hydrogen-bond acceptors (Lipinski definition) is 0. The van der Waals surface area contributed by atoms with Gasteiger partial charge in [-0.25, -0.2) is 0 Å². The molecule has 3 rings (SSSR count). The highest BCUT2D eigenvalue weighted by atomic mass is 79.9. The van der Waals surface area contributed by atoms with Crippen molar-refractivity contribution in [3.63, 3.8) is 0 Å². The number of hydrogen-bond donors (Lipinski definition) is 0. The van der Waals surface area contributed by atoms with Crippen molar-refractivity contribution in [3.8, 4) is 0 Å². The molecule has 0 N–H and O–H groups in total. The van der Waals surface area contributed by atoms with E-state index in [0.29, 0.717) is 0 Å². The Labute approximate surface area is 177 Å². The number of halogens is 1. The van der Waals surface area contributed by atoms with Crippen LogP contribution in [0.4, 0.5) is 0 Å². The summed E-state index contributed by atoms with van der Waals surface area (Å²) >= 11 is 0. The van der Waals surface area contributed by atoms with Crippen LogP contribution >= 0.6 is 7.26 Å². The van der Waals surface area contributed by atoms with Gasteiger partial charge in [-0.1, -0.05) is 80.3 Å². The minimum atomic E-state index is -1.62. The molecule has 0 aliphatic rings. The molecule has 0 aromatic heterocycles. The van der Waals surface area contributed by atoms with Gasteiger partial charge in [-0.3, -0.25) is 0 Å². The average molecular weight is 457 g/mol. The highest BCUT2D eigenvalue weighted by Gasteiger charge is 2.44. The van der Waals surface area contributed by atoms with Crippen LogP contribution in [0.15, 0.2) is 91.0 Å². The predicted octanol–water partition coefficient (Wildman–Crippen LogP) is 2.71. The van der Waals surface area contributed by atoms with Gasteiger partial charge in [0.15, 0.2) is 0 Å². The normalized spacial score (nSPS) is 11.7. The zero-order valence-corrected chi connectivity index (χ0v) is 20.1. The second-order valence-corrected chi connectivity index (χ2v) is 17.4. The molecule has 0 radical (unpaired) electrons. The van der Waals surface area contributed by atoms with E-state index in [4.69, 9.17) is 0 Å². The van der Waals surface area contributed by atoms with Crippen LogP contribution in [0.1, 0.15) is 6.42 Å². The maximum Gasteiger partial charge on any atom is 0.112 e. The van der Waals surface area contributed by atoms with Crippen molar-refractivity contribution in [1.29, 1.82) is 0 Å². The first-order chi connectivity index (χ1) is 12.5. The van der Waals surface area contributed by atoms with Crippen molar-refractivity contribution in [2.75, 3.05) is 6.16 Å². The van der Waals surface area contributed by atoms with Gasteiger partial charge in [-0.05, 0) is 42.8 Å². The second-order valence-electron chi connectivity index (χ2n) is 8.20. The first kappa shape index (κ1) is 22.1. The SMILES string of the molecule is C[Si](C)(C)CCC[P+](c1ccccc1)(c1ccccc1)c1ccccc1.[Br-]. The summed E-state index contributed by atoms with van der Waals surface area (Å²) in [6.07, 6.45) is 2.57. The summed E-state index contributed by atoms with van der Waals surface area (Å²) in [5, 5.41) is 4.52. The second kappa shape index (κ2) is 9.82. The van der Waals surface area contributed by atoms with Crippen LogP contribution in [-0.4, -0.2) is 14.2 Å². The van der Waals surface area contributed by atoms with Gasteiger partial charge in [0.2, 0.25) is 0 Å². The topological polar surface area (TPSA) is 0 Å². The molecule has 0 aliphatic carbocycles. The van der Waals surface area contributed by atoms with Gasteiger partial charge in [0.1, 0.15) is 23.2 Å². The smallest absolute Gasteiger partial charge is 0.112 e. The zero-order valence-electron chi connectivity index (χ0n) is 16.6. The first-order valence-corrected chi connectivity index (χ1v) is 15.3. The van der Waals surface area contributed by atoms with Crippen molar-refractivity contribution in [1.82, 2.24) is 0 Å². The van der Waals surface area contributed by atoms with E-state index in [1.165, 1.54) is 34.5 Å². The summed E-state index contributed by atoms with van der Waals surface area (Å²) in [6, 6.07) is 35.1. The standard InChI is InChI=1S/C24H30PSi.BrH/c1-26(2,3)21-13-20-25(22-14-7-4-8-15-22,23-16-9-5-10-17-23)24-18-11-6-12-19-24;/h4-12,14-19H,13,20-21H2,1-3H3;1H/q+1;/p-1. The molecule has 0 amide bonds. The molecule has 27 heavy (non-hydrogen) atoms. The molecule has 0 bridgehead atoms. The quantitative estimate of drug-likeness (QED) is 0.378. The van der Waals surface area contributed by atoms with Crippen molar-refractivity contribution < 1.29 is 17.0 Å². The molecule has 0 heterocycles. The van der Waals surface area contributed by atoms with Crippen molar-refractivity contribution >= 4 is 31.2 Å². The van der Waals surface area contributed by atoms with E-state index in [0.717, 1.165) is 0 Å². The lowest BCUT2D eigenvalue weighted by Gasteiger charge is -2.28. The molecule has 0 saturated heterocycles. The summed E-state index contributed by atoms with van der Waals surface area (Å²) in [7, 11) is -2.66. The number of rotatable bonds is 7. The van der Waals surface area contributed by atoms with Crippen molar-refractivity contribution in [3.05, 3.63) is 91.0 Å². The van der Waals surface area contributed by atoms with Crippen LogP contribution in [0.5, 0.6) is 0 Å². The summed E-state index contributed by atoms with van der Waals surface area (Å²) < 4.78 is 0. The minimum absolute atomic E-state index is 0. The molecule has 0 nitrogen and oxygen atoms in total. The Morgan fingerprint density at radius 3 is 1.22 bits per heavy atom. The lowest BCUT2D eigenvalue weighted by molar-refractivity contribution is -0.00000546. The van der Waals surface area contributed by atoms with Crippen LogP contribution in [0, 0.1) is 0 Å². The molecule has 142 valence electrons. The Kier molecular flexibility index (Phi) is 8.03. The highest BCUT2D eigenvalue weighted by Crippen LogP contribution is 2.56. The summed E-state index contributed by atoms with van der Waals surface area (Å²) in [6.45, 7) is 7.46. The maximum atomic E-state index is 2.49. The van der Waals surface area contributed by atoms with Crippen LogP contribution in [0.2, 0.25) is 25.7 Å². The molecule has 0 aliphatic heterocycles. The average Bonchev–Trinajstić information content (AvgIpc) is 2.67. The van der Waals surface area contributed by atoms with Gasteiger partial charge in [0.25, 0.3) is 0 Å². The minimum Gasteiger partial charge on any atom is -1.00 e. The zero-order chi connectivity index (χ0) is 18.5. The van der Waals surface area contributed by atoms with Crippen LogP contribution < -0.4 is 32.9 Å². The Bertz CT molecular complexity index is 701. The fraction of sp³-hybridized carbons (Fsp3) is 0.250. The molecule has 0 fully saturated rings. The largest absolute Gasteiger partial charge is 1.00 e. The third-order valence-corrected chi connectivity index (χ3v) is 11.4. The van der Waals surface area contributed by atoms with Gasteiger partial charge in [-0.15, -0.1) is 0 Å². The van der Waals surface area contributed by atoms with E-state index in [2.05, 4.69) is 111 Å². The third kappa shape index (κ3) is 5.41. The predicted molar refractivity (Wildman–Crippen MR) is 123 cm³/mol. The highest BCUT2D eigenvalue weighted by molar-refractivity contribution is 7.95. The van der Waals surface area contributed by atoms with Gasteiger partial charge in [-0.2, -0.15) is 0 Å². The lowest BCUT2D eigenvalue weighted by Crippen LogP contribution is -3.00. The van der Waals surface area contributed by atoms with E-state index < -0.39 is 15.3 Å². The van der Waals surface area contributed by atoms with Gasteiger partial charge in [0.05, 0.1) is 6.16 Å². The molecular weight excluding hydrogens is 427 g/mol. The van der Waals surface area contributed by atoms with E-state index in [1.54, 1.807) is 0 Å². The van der Waals surface area contributed by atoms with Crippen molar-refractivity contribution in [2.24, 2.45) is 0 Å². The van der Waals surface area contributed by atoms with Gasteiger partial charge >= 0.3 is 0 Å². The third-order valence-electron chi connectivity index (χ3n) is 5.01. The molecule has 0 atom stereocenters. The molecule has 3 aromatic rings. The lowest BCUT2D eigenvalue weighted by atomic mass is 10.4. The molecule has 0 spiro atoms. The van der Waals surface area contributed by atoms with Crippen molar-refractivity contribution in [2.45, 2.75) is 32.1 Å². The Balaban J connectivity index is 0.00000261. The van der Waals surface area contributed by atoms with Crippen LogP contribution in [-0.2, 0) is 0 Å². The van der Waals surface area contributed by atoms with Crippen LogP contribution in [0.3, 0.4) is 0 Å². The van der Waals surface area contributed by atoms with Gasteiger partial charge < -0.3 is 17.0 Å². The summed E-state index contributed by atoms with van der Waals surface area (Å²) in [5.41, 5.74) is 0. The number of benzene rings is 3. The Hall–Kier alpha value is -1.21. The fourth-order valence-corrected chi connectivity index (χ4v) is 9.61. The van der Waals surface area contributed by atoms with E-state index >= 15 is 0 Å². The first-order valence-electron chi connectivity index (χ1n) is 9.57. The van der Waals surface area contributed by atoms with E-state index in [1.807, 2.05) is 0 Å². The molecular formula is C24H30BrPSi. The van der Waals surface area contributed by atoms with E-state index in [9.17, 15) is 0 Å². The Morgan fingerprint density at radius 1 is 0.593 bits per heavy atom. The Morgan fingerprint density at radius 2 is 0.926 bits per heavy atom. The maximum absolute atomic E-state index is 2.49. The molecule has 3 heteroatoms. The molecule has 0 saturated carbocycles. The summed E-state index contributed by atoms with van der Waals surface area (Å²) in [5.74, 6) is 0. The van der Waals surface area contributed by atoms with E-state index in [-0.39, 0.29) is 17.0 Å². The summed E-state index contributed by atoms with van der Waals surface area (Å²) in [4.78, 5) is 0. The monoisotopic (exact) mass is 456 g/mol. The fourth-order valence-electron chi connectivity index (χ4n) is 3.73.